The summed E-state index contributed by atoms with van der Waals surface area (Å²) in [5.41, 5.74) is 2.34. The standard InChI is InChI=1S/C15H15N3O/c1-2-18-13-8-4-3-7-12(13)17-14(15(18)19)11-6-5-9-16-10-11/h3-9,11H,2,10H2,1H3. The summed E-state index contributed by atoms with van der Waals surface area (Å²) in [6, 6.07) is 7.75. The molecule has 1 atom stereocenters. The number of rotatable bonds is 2. The molecule has 1 unspecified atom stereocenters. The third-order valence-electron chi connectivity index (χ3n) is 3.38. The fourth-order valence-corrected chi connectivity index (χ4v) is 2.43. The summed E-state index contributed by atoms with van der Waals surface area (Å²) < 4.78 is 1.78. The highest BCUT2D eigenvalue weighted by Gasteiger charge is 2.18. The highest BCUT2D eigenvalue weighted by Crippen LogP contribution is 2.18. The van der Waals surface area contributed by atoms with Crippen LogP contribution in [-0.4, -0.2) is 22.3 Å². The Morgan fingerprint density at radius 3 is 2.95 bits per heavy atom. The minimum atomic E-state index is -0.0140. The van der Waals surface area contributed by atoms with Crippen LogP contribution in [0.2, 0.25) is 0 Å². The Morgan fingerprint density at radius 1 is 1.37 bits per heavy atom. The maximum atomic E-state index is 12.5. The van der Waals surface area contributed by atoms with Gasteiger partial charge in [-0.1, -0.05) is 18.2 Å². The number of hydrogen-bond donors (Lipinski definition) is 0. The molecular weight excluding hydrogens is 238 g/mol. The lowest BCUT2D eigenvalue weighted by Crippen LogP contribution is -2.28. The molecule has 0 spiro atoms. The van der Waals surface area contributed by atoms with Gasteiger partial charge in [-0.3, -0.25) is 9.79 Å². The van der Waals surface area contributed by atoms with E-state index in [1.54, 1.807) is 10.8 Å². The number of benzene rings is 1. The lowest BCUT2D eigenvalue weighted by atomic mass is 10.0. The fraction of sp³-hybridized carbons (Fsp3) is 0.267. The zero-order valence-electron chi connectivity index (χ0n) is 10.8. The molecule has 0 aliphatic carbocycles. The Hall–Kier alpha value is -2.23. The monoisotopic (exact) mass is 253 g/mol. The van der Waals surface area contributed by atoms with E-state index < -0.39 is 0 Å². The largest absolute Gasteiger partial charge is 0.305 e. The zero-order valence-corrected chi connectivity index (χ0v) is 10.8. The Balaban J connectivity index is 2.25. The van der Waals surface area contributed by atoms with Crippen LogP contribution in [0.3, 0.4) is 0 Å². The van der Waals surface area contributed by atoms with Crippen molar-refractivity contribution in [3.63, 3.8) is 0 Å². The van der Waals surface area contributed by atoms with E-state index in [4.69, 9.17) is 0 Å². The lowest BCUT2D eigenvalue weighted by Gasteiger charge is -2.15. The minimum Gasteiger partial charge on any atom is -0.305 e. The second-order valence-electron chi connectivity index (χ2n) is 4.54. The topological polar surface area (TPSA) is 47.2 Å². The molecule has 0 bridgehead atoms. The van der Waals surface area contributed by atoms with Crippen LogP contribution in [0.1, 0.15) is 18.5 Å². The number of aromatic nitrogens is 2. The van der Waals surface area contributed by atoms with Gasteiger partial charge < -0.3 is 4.57 Å². The van der Waals surface area contributed by atoms with Gasteiger partial charge in [0.05, 0.1) is 17.6 Å². The number of allylic oxidation sites excluding steroid dienone is 1. The third kappa shape index (κ3) is 1.99. The lowest BCUT2D eigenvalue weighted by molar-refractivity contribution is 0.709. The van der Waals surface area contributed by atoms with Gasteiger partial charge in [0.1, 0.15) is 5.69 Å². The van der Waals surface area contributed by atoms with E-state index in [1.807, 2.05) is 43.3 Å². The summed E-state index contributed by atoms with van der Waals surface area (Å²) in [6.45, 7) is 3.22. The number of fused-ring (bicyclic) bond motifs is 1. The van der Waals surface area contributed by atoms with Crippen molar-refractivity contribution in [3.05, 3.63) is 52.5 Å². The number of aryl methyl sites for hydroxylation is 1. The van der Waals surface area contributed by atoms with Gasteiger partial charge in [0.25, 0.3) is 5.56 Å². The van der Waals surface area contributed by atoms with Crippen molar-refractivity contribution >= 4 is 17.2 Å². The maximum Gasteiger partial charge on any atom is 0.273 e. The molecule has 4 heteroatoms. The Bertz CT molecular complexity index is 728. The van der Waals surface area contributed by atoms with Crippen molar-refractivity contribution in [3.8, 4) is 0 Å². The summed E-state index contributed by atoms with van der Waals surface area (Å²) in [6.07, 6.45) is 5.63. The average Bonchev–Trinajstić information content (AvgIpc) is 2.47. The molecule has 1 aromatic heterocycles. The van der Waals surface area contributed by atoms with E-state index in [0.717, 1.165) is 11.0 Å². The van der Waals surface area contributed by atoms with Crippen LogP contribution in [0, 0.1) is 0 Å². The number of para-hydroxylation sites is 2. The van der Waals surface area contributed by atoms with Gasteiger partial charge in [-0.25, -0.2) is 4.98 Å². The molecule has 2 heterocycles. The molecule has 1 aliphatic rings. The Labute approximate surface area is 111 Å². The number of hydrogen-bond acceptors (Lipinski definition) is 3. The summed E-state index contributed by atoms with van der Waals surface area (Å²) >= 11 is 0. The van der Waals surface area contributed by atoms with Crippen LogP contribution in [0.5, 0.6) is 0 Å². The van der Waals surface area contributed by atoms with Crippen LogP contribution >= 0.6 is 0 Å². The maximum absolute atomic E-state index is 12.5. The van der Waals surface area contributed by atoms with Gasteiger partial charge in [-0.2, -0.15) is 0 Å². The van der Waals surface area contributed by atoms with Gasteiger partial charge in [-0.05, 0) is 25.1 Å². The first kappa shape index (κ1) is 11.8. The normalized spacial score (nSPS) is 18.1. The molecule has 1 aliphatic heterocycles. The predicted molar refractivity (Wildman–Crippen MR) is 76.9 cm³/mol. The SMILES string of the molecule is CCn1c(=O)c(C2C=CC=NC2)nc2ccccc21. The van der Waals surface area contributed by atoms with E-state index in [2.05, 4.69) is 9.98 Å². The molecule has 4 nitrogen and oxygen atoms in total. The molecule has 2 aromatic rings. The van der Waals surface area contributed by atoms with Crippen LogP contribution in [0.15, 0.2) is 46.2 Å². The highest BCUT2D eigenvalue weighted by atomic mass is 16.1. The van der Waals surface area contributed by atoms with Crippen LogP contribution in [0.4, 0.5) is 0 Å². The first-order chi connectivity index (χ1) is 9.31. The van der Waals surface area contributed by atoms with Crippen LogP contribution in [-0.2, 0) is 6.54 Å². The third-order valence-corrected chi connectivity index (χ3v) is 3.38. The first-order valence-corrected chi connectivity index (χ1v) is 6.47. The van der Waals surface area contributed by atoms with E-state index >= 15 is 0 Å². The Morgan fingerprint density at radius 2 is 2.21 bits per heavy atom. The molecule has 3 rings (SSSR count). The fourth-order valence-electron chi connectivity index (χ4n) is 2.43. The highest BCUT2D eigenvalue weighted by molar-refractivity contribution is 5.75. The van der Waals surface area contributed by atoms with Crippen LogP contribution < -0.4 is 5.56 Å². The Kier molecular flexibility index (Phi) is 2.99. The van der Waals surface area contributed by atoms with Crippen molar-refractivity contribution in [2.24, 2.45) is 4.99 Å². The first-order valence-electron chi connectivity index (χ1n) is 6.47. The van der Waals surface area contributed by atoms with Gasteiger partial charge in [-0.15, -0.1) is 0 Å². The van der Waals surface area contributed by atoms with Gasteiger partial charge in [0.15, 0.2) is 0 Å². The molecule has 0 saturated carbocycles. The van der Waals surface area contributed by atoms with E-state index in [-0.39, 0.29) is 11.5 Å². The van der Waals surface area contributed by atoms with E-state index in [9.17, 15) is 4.79 Å². The molecule has 0 saturated heterocycles. The van der Waals surface area contributed by atoms with Crippen molar-refractivity contribution < 1.29 is 0 Å². The van der Waals surface area contributed by atoms with Gasteiger partial charge in [0, 0.05) is 18.7 Å². The predicted octanol–water partition coefficient (Wildman–Crippen LogP) is 2.14. The second-order valence-corrected chi connectivity index (χ2v) is 4.54. The minimum absolute atomic E-state index is 0.00653. The number of aliphatic imine (C=N–C) groups is 1. The van der Waals surface area contributed by atoms with Gasteiger partial charge in [0.2, 0.25) is 0 Å². The second kappa shape index (κ2) is 4.80. The van der Waals surface area contributed by atoms with E-state index in [0.29, 0.717) is 18.8 Å². The molecule has 0 amide bonds. The summed E-state index contributed by atoms with van der Waals surface area (Å²) in [4.78, 5) is 21.3. The molecular formula is C15H15N3O. The van der Waals surface area contributed by atoms with Crippen molar-refractivity contribution in [2.45, 2.75) is 19.4 Å². The molecule has 96 valence electrons. The molecule has 0 N–H and O–H groups in total. The smallest absolute Gasteiger partial charge is 0.273 e. The van der Waals surface area contributed by atoms with Crippen molar-refractivity contribution in [1.29, 1.82) is 0 Å². The number of nitrogens with zero attached hydrogens (tertiary/aromatic N) is 3. The summed E-state index contributed by atoms with van der Waals surface area (Å²) in [7, 11) is 0. The van der Waals surface area contributed by atoms with Crippen molar-refractivity contribution in [1.82, 2.24) is 9.55 Å². The van der Waals surface area contributed by atoms with Crippen LogP contribution in [0.25, 0.3) is 11.0 Å². The number of dihydropyridines is 1. The summed E-state index contributed by atoms with van der Waals surface area (Å²) in [5.74, 6) is -0.0140. The molecule has 0 radical (unpaired) electrons. The average molecular weight is 253 g/mol. The molecule has 1 aromatic carbocycles. The zero-order chi connectivity index (χ0) is 13.2. The quantitative estimate of drug-likeness (QED) is 0.823. The van der Waals surface area contributed by atoms with Gasteiger partial charge >= 0.3 is 0 Å². The molecule has 19 heavy (non-hydrogen) atoms. The van der Waals surface area contributed by atoms with Crippen molar-refractivity contribution in [2.75, 3.05) is 6.54 Å². The summed E-state index contributed by atoms with van der Waals surface area (Å²) in [5, 5.41) is 0. The molecule has 0 fully saturated rings. The van der Waals surface area contributed by atoms with E-state index in [1.165, 1.54) is 0 Å².